The molecule has 1 amide bonds. The van der Waals surface area contributed by atoms with Crippen LogP contribution in [0.25, 0.3) is 11.0 Å². The number of ether oxygens (including phenoxy) is 1. The van der Waals surface area contributed by atoms with E-state index >= 15 is 0 Å². The van der Waals surface area contributed by atoms with Gasteiger partial charge in [0.05, 0.1) is 36.3 Å². The Kier molecular flexibility index (Phi) is 8.60. The molecule has 0 fully saturated rings. The van der Waals surface area contributed by atoms with Crippen molar-refractivity contribution in [3.8, 4) is 0 Å². The Hall–Kier alpha value is -3.96. The number of carbonyl (C=O) groups is 2. The number of hydrogen-bond donors (Lipinski definition) is 3. The van der Waals surface area contributed by atoms with Gasteiger partial charge in [0, 0.05) is 0 Å². The summed E-state index contributed by atoms with van der Waals surface area (Å²) < 4.78 is 4.15. The molecule has 0 saturated heterocycles. The average Bonchev–Trinajstić information content (AvgIpc) is 2.63. The second-order valence-corrected chi connectivity index (χ2v) is 5.16. The van der Waals surface area contributed by atoms with Crippen molar-refractivity contribution in [2.24, 2.45) is 5.73 Å². The molecule has 0 radical (unpaired) electrons. The topological polar surface area (TPSA) is 193 Å². The van der Waals surface area contributed by atoms with Crippen LogP contribution >= 0.6 is 0 Å². The first-order valence-electron chi connectivity index (χ1n) is 7.91. The second-order valence-electron chi connectivity index (χ2n) is 5.16. The van der Waals surface area contributed by atoms with E-state index in [1.807, 2.05) is 0 Å². The maximum absolute atomic E-state index is 11.2. The minimum absolute atomic E-state index is 0.0810. The van der Waals surface area contributed by atoms with Crippen molar-refractivity contribution in [3.63, 3.8) is 0 Å². The van der Waals surface area contributed by atoms with E-state index in [-0.39, 0.29) is 16.9 Å². The molecule has 0 aromatic carbocycles. The molecule has 148 valence electrons. The van der Waals surface area contributed by atoms with Gasteiger partial charge in [-0.3, -0.25) is 14.4 Å². The number of rotatable bonds is 3. The molecule has 0 spiro atoms. The summed E-state index contributed by atoms with van der Waals surface area (Å²) in [6, 6.07) is 0. The lowest BCUT2D eigenvalue weighted by atomic mass is 10.1. The Bertz CT molecular complexity index is 980. The lowest BCUT2D eigenvalue weighted by Gasteiger charge is -2.01. The molecule has 0 aliphatic heterocycles. The normalized spacial score (nSPS) is 9.39. The van der Waals surface area contributed by atoms with Crippen molar-refractivity contribution >= 4 is 29.2 Å². The highest BCUT2D eigenvalue weighted by atomic mass is 16.5. The van der Waals surface area contributed by atoms with E-state index in [2.05, 4.69) is 35.1 Å². The molecule has 12 nitrogen and oxygen atoms in total. The van der Waals surface area contributed by atoms with Crippen LogP contribution in [0.5, 0.6) is 0 Å². The van der Waals surface area contributed by atoms with Crippen LogP contribution in [0.15, 0.2) is 23.5 Å². The lowest BCUT2D eigenvalue weighted by Crippen LogP contribution is -2.16. The highest BCUT2D eigenvalue weighted by molar-refractivity contribution is 5.98. The number of nitrogens with one attached hydrogen (secondary N) is 1. The molecule has 3 aromatic rings. The highest BCUT2D eigenvalue weighted by Gasteiger charge is 2.09. The molecule has 0 aliphatic carbocycles. The first-order chi connectivity index (χ1) is 13.3. The number of H-pyrrole nitrogens is 1. The molecule has 0 atom stereocenters. The van der Waals surface area contributed by atoms with Crippen molar-refractivity contribution in [2.45, 2.75) is 20.8 Å². The number of anilines is 1. The number of nitrogen functional groups attached to an aromatic ring is 1. The number of carbonyl (C=O) groups excluding carboxylic acids is 2. The standard InChI is InChI=1S/C7H6N4O.C6H8N4O.C3H6O2/c1-4-2-10-11-6-5(4)7(12)9-3-8-6;1-3-2-9-10-5(7)4(3)6(8)11;1-2-5-3-4/h2-3H,1H3,(H,8,9,11,12);2H,1H3,(H2,7,10)(H2,8,11);3H,2H2,1H3. The van der Waals surface area contributed by atoms with Crippen molar-refractivity contribution in [3.05, 3.63) is 45.8 Å². The Morgan fingerprint density at radius 2 is 1.86 bits per heavy atom. The zero-order chi connectivity index (χ0) is 21.1. The fraction of sp³-hybridized carbons (Fsp3) is 0.250. The van der Waals surface area contributed by atoms with Gasteiger partial charge in [-0.2, -0.15) is 10.2 Å². The van der Waals surface area contributed by atoms with Crippen LogP contribution in [-0.2, 0) is 9.53 Å². The summed E-state index contributed by atoms with van der Waals surface area (Å²) in [5.74, 6) is -0.493. The van der Waals surface area contributed by atoms with Crippen LogP contribution in [0.2, 0.25) is 0 Å². The number of amides is 1. The molecule has 12 heteroatoms. The molecule has 0 saturated carbocycles. The van der Waals surface area contributed by atoms with Crippen molar-refractivity contribution in [1.29, 1.82) is 0 Å². The third-order valence-corrected chi connectivity index (χ3v) is 3.18. The van der Waals surface area contributed by atoms with Gasteiger partial charge in [0.15, 0.2) is 11.5 Å². The summed E-state index contributed by atoms with van der Waals surface area (Å²) >= 11 is 0. The zero-order valence-electron chi connectivity index (χ0n) is 15.5. The van der Waals surface area contributed by atoms with Crippen LogP contribution < -0.4 is 17.0 Å². The smallest absolute Gasteiger partial charge is 0.293 e. The van der Waals surface area contributed by atoms with Crippen molar-refractivity contribution < 1.29 is 14.3 Å². The van der Waals surface area contributed by atoms with E-state index in [0.29, 0.717) is 29.7 Å². The number of nitrogens with zero attached hydrogens (tertiary/aromatic N) is 5. The Labute approximate surface area is 159 Å². The molecule has 3 aromatic heterocycles. The predicted octanol–water partition coefficient (Wildman–Crippen LogP) is -0.333. The number of aromatic nitrogens is 6. The number of nitrogens with two attached hydrogens (primary N) is 2. The summed E-state index contributed by atoms with van der Waals surface area (Å²) in [6.45, 7) is 6.16. The van der Waals surface area contributed by atoms with E-state index in [9.17, 15) is 14.4 Å². The number of aryl methyl sites for hydroxylation is 2. The third kappa shape index (κ3) is 6.09. The number of primary amides is 1. The first-order valence-corrected chi connectivity index (χ1v) is 7.91. The van der Waals surface area contributed by atoms with Gasteiger partial charge in [0.2, 0.25) is 0 Å². The number of fused-ring (bicyclic) bond motifs is 1. The van der Waals surface area contributed by atoms with Gasteiger partial charge in [-0.25, -0.2) is 4.98 Å². The lowest BCUT2D eigenvalue weighted by molar-refractivity contribution is -0.128. The predicted molar refractivity (Wildman–Crippen MR) is 100 cm³/mol. The summed E-state index contributed by atoms with van der Waals surface area (Å²) in [5.41, 5.74) is 12.3. The molecule has 0 bridgehead atoms. The molecule has 28 heavy (non-hydrogen) atoms. The SMILES string of the molecule is CCOC=O.Cc1cnnc(N)c1C(N)=O.Cc1cnnc2nc[nH]c(=O)c12. The van der Waals surface area contributed by atoms with Gasteiger partial charge >= 0.3 is 0 Å². The largest absolute Gasteiger partial charge is 0.468 e. The summed E-state index contributed by atoms with van der Waals surface area (Å²) in [7, 11) is 0. The van der Waals surface area contributed by atoms with Crippen LogP contribution in [0.4, 0.5) is 5.82 Å². The quantitative estimate of drug-likeness (QED) is 0.500. The van der Waals surface area contributed by atoms with Gasteiger partial charge in [-0.05, 0) is 31.9 Å². The maximum atomic E-state index is 11.2. The number of aromatic amines is 1. The van der Waals surface area contributed by atoms with Crippen molar-refractivity contribution in [1.82, 2.24) is 30.4 Å². The molecule has 0 unspecified atom stereocenters. The molecular formula is C16H20N8O4. The van der Waals surface area contributed by atoms with Gasteiger partial charge in [-0.1, -0.05) is 0 Å². The summed E-state index contributed by atoms with van der Waals surface area (Å²) in [5, 5.41) is 14.9. The number of hydrogen-bond acceptors (Lipinski definition) is 10. The van der Waals surface area contributed by atoms with Crippen LogP contribution in [0, 0.1) is 13.8 Å². The second kappa shape index (κ2) is 10.9. The van der Waals surface area contributed by atoms with Crippen LogP contribution in [-0.4, -0.2) is 49.3 Å². The monoisotopic (exact) mass is 388 g/mol. The average molecular weight is 388 g/mol. The van der Waals surface area contributed by atoms with Gasteiger partial charge in [0.25, 0.3) is 17.9 Å². The fourth-order valence-corrected chi connectivity index (χ4v) is 1.94. The minimum atomic E-state index is -0.574. The molecule has 5 N–H and O–H groups in total. The van der Waals surface area contributed by atoms with Crippen molar-refractivity contribution in [2.75, 3.05) is 12.3 Å². The molecule has 3 heterocycles. The fourth-order valence-electron chi connectivity index (χ4n) is 1.94. The van der Waals surface area contributed by atoms with E-state index in [4.69, 9.17) is 11.5 Å². The summed E-state index contributed by atoms with van der Waals surface area (Å²) in [4.78, 5) is 37.5. The first kappa shape index (κ1) is 22.1. The molecular weight excluding hydrogens is 368 g/mol. The van der Waals surface area contributed by atoms with E-state index in [0.717, 1.165) is 5.56 Å². The van der Waals surface area contributed by atoms with E-state index in [1.165, 1.54) is 12.5 Å². The van der Waals surface area contributed by atoms with Crippen LogP contribution in [0.1, 0.15) is 28.4 Å². The third-order valence-electron chi connectivity index (χ3n) is 3.18. The maximum Gasteiger partial charge on any atom is 0.293 e. The van der Waals surface area contributed by atoms with Gasteiger partial charge in [0.1, 0.15) is 0 Å². The molecule has 0 aliphatic rings. The highest BCUT2D eigenvalue weighted by Crippen LogP contribution is 2.09. The van der Waals surface area contributed by atoms with Crippen LogP contribution in [0.3, 0.4) is 0 Å². The van der Waals surface area contributed by atoms with Gasteiger partial charge in [-0.15, -0.1) is 10.2 Å². The van der Waals surface area contributed by atoms with E-state index in [1.54, 1.807) is 27.0 Å². The Morgan fingerprint density at radius 3 is 2.32 bits per heavy atom. The molecule has 3 rings (SSSR count). The zero-order valence-corrected chi connectivity index (χ0v) is 15.5. The van der Waals surface area contributed by atoms with Gasteiger partial charge < -0.3 is 21.2 Å². The summed E-state index contributed by atoms with van der Waals surface area (Å²) in [6.07, 6.45) is 4.30. The van der Waals surface area contributed by atoms with E-state index < -0.39 is 5.91 Å². The minimum Gasteiger partial charge on any atom is -0.468 e. The Balaban J connectivity index is 0.000000229. The Morgan fingerprint density at radius 1 is 1.21 bits per heavy atom.